The van der Waals surface area contributed by atoms with Crippen LogP contribution in [0.3, 0.4) is 0 Å². The lowest BCUT2D eigenvalue weighted by atomic mass is 10.0. The van der Waals surface area contributed by atoms with Crippen LogP contribution in [0.5, 0.6) is 0 Å². The number of ether oxygens (including phenoxy) is 1. The Morgan fingerprint density at radius 2 is 0.639 bits per heavy atom. The molecule has 428 valence electrons. The molecule has 0 saturated heterocycles. The van der Waals surface area contributed by atoms with Crippen molar-refractivity contribution in [3.05, 3.63) is 12.2 Å². The van der Waals surface area contributed by atoms with Crippen molar-refractivity contribution in [1.29, 1.82) is 0 Å². The number of amides is 1. The minimum atomic E-state index is -0.848. The summed E-state index contributed by atoms with van der Waals surface area (Å²) in [5.41, 5.74) is 0. The molecule has 0 aromatic heterocycles. The van der Waals surface area contributed by atoms with Crippen LogP contribution in [0.2, 0.25) is 0 Å². The maximum atomic E-state index is 12.5. The molecule has 3 N–H and O–H groups in total. The highest BCUT2D eigenvalue weighted by Gasteiger charge is 2.18. The van der Waals surface area contributed by atoms with E-state index in [1.807, 2.05) is 6.08 Å². The smallest absolute Gasteiger partial charge is 0.305 e. The Hall–Kier alpha value is -1.40. The van der Waals surface area contributed by atoms with Gasteiger partial charge in [-0.05, 0) is 32.1 Å². The van der Waals surface area contributed by atoms with Crippen molar-refractivity contribution in [3.63, 3.8) is 0 Å². The van der Waals surface area contributed by atoms with Crippen molar-refractivity contribution in [2.75, 3.05) is 13.2 Å². The minimum absolute atomic E-state index is 0.00954. The summed E-state index contributed by atoms with van der Waals surface area (Å²) < 4.78 is 5.50. The summed E-state index contributed by atoms with van der Waals surface area (Å²) >= 11 is 0. The van der Waals surface area contributed by atoms with Crippen LogP contribution in [0.25, 0.3) is 0 Å². The third kappa shape index (κ3) is 57.9. The van der Waals surface area contributed by atoms with E-state index in [1.54, 1.807) is 6.08 Å². The number of unbranched alkanes of at least 4 members (excludes halogenated alkanes) is 51. The Labute approximate surface area is 450 Å². The second-order valence-corrected chi connectivity index (χ2v) is 22.8. The predicted octanol–water partition coefficient (Wildman–Crippen LogP) is 20.8. The molecular weight excluding hydrogens is 887 g/mol. The number of hydrogen-bond acceptors (Lipinski definition) is 5. The van der Waals surface area contributed by atoms with E-state index in [9.17, 15) is 19.8 Å². The zero-order valence-electron chi connectivity index (χ0n) is 48.9. The van der Waals surface area contributed by atoms with Crippen LogP contribution in [0, 0.1) is 0 Å². The Balaban J connectivity index is 3.42. The maximum Gasteiger partial charge on any atom is 0.305 e. The van der Waals surface area contributed by atoms with Crippen LogP contribution in [0.4, 0.5) is 0 Å². The quantitative estimate of drug-likeness (QED) is 0.0320. The summed E-state index contributed by atoms with van der Waals surface area (Å²) in [5, 5.41) is 23.2. The highest BCUT2D eigenvalue weighted by Crippen LogP contribution is 2.18. The van der Waals surface area contributed by atoms with E-state index in [0.29, 0.717) is 19.4 Å². The first-order valence-electron chi connectivity index (χ1n) is 33.0. The molecule has 2 unspecified atom stereocenters. The SMILES string of the molecule is CCCCCCCCCCCCCCCCCCCCC/C=C/C(O)C(CO)NC(=O)CCCCCCCCCCCCCCCCCCCOC(=O)CCCCCCCCCCCCCCCCCCC. The first-order valence-corrected chi connectivity index (χ1v) is 33.0. The summed E-state index contributed by atoms with van der Waals surface area (Å²) in [4.78, 5) is 24.6. The van der Waals surface area contributed by atoms with Crippen molar-refractivity contribution in [2.45, 2.75) is 386 Å². The lowest BCUT2D eigenvalue weighted by Gasteiger charge is -2.20. The molecule has 0 aliphatic carbocycles. The van der Waals surface area contributed by atoms with Crippen LogP contribution < -0.4 is 5.32 Å². The molecule has 6 heteroatoms. The maximum absolute atomic E-state index is 12.5. The molecule has 0 radical (unpaired) electrons. The number of aliphatic hydroxyl groups is 2. The van der Waals surface area contributed by atoms with Gasteiger partial charge >= 0.3 is 5.97 Å². The predicted molar refractivity (Wildman–Crippen MR) is 315 cm³/mol. The summed E-state index contributed by atoms with van der Waals surface area (Å²) in [6.07, 6.45) is 75.4. The van der Waals surface area contributed by atoms with E-state index >= 15 is 0 Å². The number of rotatable bonds is 62. The van der Waals surface area contributed by atoms with E-state index in [1.165, 1.54) is 308 Å². The van der Waals surface area contributed by atoms with Gasteiger partial charge in [-0.25, -0.2) is 0 Å². The van der Waals surface area contributed by atoms with Gasteiger partial charge in [0.05, 0.1) is 25.4 Å². The first-order chi connectivity index (χ1) is 35.5. The third-order valence-electron chi connectivity index (χ3n) is 15.6. The van der Waals surface area contributed by atoms with E-state index in [0.717, 1.165) is 38.5 Å². The lowest BCUT2D eigenvalue weighted by molar-refractivity contribution is -0.143. The topological polar surface area (TPSA) is 95.9 Å². The van der Waals surface area contributed by atoms with E-state index in [-0.39, 0.29) is 18.5 Å². The van der Waals surface area contributed by atoms with Crippen molar-refractivity contribution in [2.24, 2.45) is 0 Å². The van der Waals surface area contributed by atoms with Gasteiger partial charge in [0.15, 0.2) is 0 Å². The van der Waals surface area contributed by atoms with E-state index < -0.39 is 12.1 Å². The largest absolute Gasteiger partial charge is 0.466 e. The van der Waals surface area contributed by atoms with Gasteiger partial charge in [-0.1, -0.05) is 341 Å². The average molecular weight is 1020 g/mol. The normalized spacial score (nSPS) is 12.6. The molecule has 0 fully saturated rings. The van der Waals surface area contributed by atoms with Crippen molar-refractivity contribution >= 4 is 11.9 Å². The van der Waals surface area contributed by atoms with Crippen LogP contribution >= 0.6 is 0 Å². The summed E-state index contributed by atoms with van der Waals surface area (Å²) in [5.74, 6) is -0.0594. The number of nitrogens with one attached hydrogen (secondary N) is 1. The molecule has 0 aromatic rings. The summed E-state index contributed by atoms with van der Waals surface area (Å²) in [6, 6.07) is -0.632. The van der Waals surface area contributed by atoms with E-state index in [2.05, 4.69) is 19.2 Å². The number of hydrogen-bond donors (Lipinski definition) is 3. The standard InChI is InChI=1S/C66H129NO5/c1-3-5-7-9-11-13-15-17-19-21-22-23-24-27-30-34-38-42-46-50-54-58-64(69)63(62-68)67-65(70)59-55-51-47-43-39-35-31-28-25-29-33-37-41-45-49-53-57-61-72-66(71)60-56-52-48-44-40-36-32-26-20-18-16-14-12-10-8-6-4-2/h54,58,63-64,68-69H,3-53,55-57,59-62H2,1-2H3,(H,67,70)/b58-54+. The summed E-state index contributed by atoms with van der Waals surface area (Å²) in [6.45, 7) is 4.94. The molecular formula is C66H129NO5. The van der Waals surface area contributed by atoms with Gasteiger partial charge in [0, 0.05) is 12.8 Å². The van der Waals surface area contributed by atoms with Gasteiger partial charge in [0.2, 0.25) is 5.91 Å². The number of carbonyl (C=O) groups is 2. The van der Waals surface area contributed by atoms with Gasteiger partial charge in [0.1, 0.15) is 0 Å². The highest BCUT2D eigenvalue weighted by molar-refractivity contribution is 5.76. The molecule has 0 saturated carbocycles. The minimum Gasteiger partial charge on any atom is -0.466 e. The van der Waals surface area contributed by atoms with Crippen LogP contribution in [-0.4, -0.2) is 47.4 Å². The van der Waals surface area contributed by atoms with Gasteiger partial charge in [0.25, 0.3) is 0 Å². The first kappa shape index (κ1) is 70.6. The Morgan fingerprint density at radius 1 is 0.375 bits per heavy atom. The van der Waals surface area contributed by atoms with Crippen LogP contribution in [-0.2, 0) is 14.3 Å². The molecule has 0 rings (SSSR count). The Morgan fingerprint density at radius 3 is 0.944 bits per heavy atom. The second-order valence-electron chi connectivity index (χ2n) is 22.8. The zero-order valence-corrected chi connectivity index (χ0v) is 48.9. The van der Waals surface area contributed by atoms with Gasteiger partial charge in [-0.3, -0.25) is 9.59 Å². The van der Waals surface area contributed by atoms with Crippen molar-refractivity contribution in [1.82, 2.24) is 5.32 Å². The molecule has 72 heavy (non-hydrogen) atoms. The average Bonchev–Trinajstić information content (AvgIpc) is 3.38. The van der Waals surface area contributed by atoms with E-state index in [4.69, 9.17) is 4.74 Å². The number of allylic oxidation sites excluding steroid dienone is 1. The molecule has 1 amide bonds. The molecule has 0 spiro atoms. The number of esters is 1. The second kappa shape index (κ2) is 62.1. The molecule has 0 aliphatic heterocycles. The number of carbonyl (C=O) groups excluding carboxylic acids is 2. The van der Waals surface area contributed by atoms with Gasteiger partial charge < -0.3 is 20.3 Å². The number of aliphatic hydroxyl groups excluding tert-OH is 2. The fraction of sp³-hybridized carbons (Fsp3) is 0.939. The highest BCUT2D eigenvalue weighted by atomic mass is 16.5. The molecule has 0 aliphatic rings. The molecule has 2 atom stereocenters. The molecule has 0 bridgehead atoms. The summed E-state index contributed by atoms with van der Waals surface area (Å²) in [7, 11) is 0. The van der Waals surface area contributed by atoms with Crippen LogP contribution in [0.1, 0.15) is 373 Å². The molecule has 0 aromatic carbocycles. The van der Waals surface area contributed by atoms with Crippen molar-refractivity contribution in [3.8, 4) is 0 Å². The van der Waals surface area contributed by atoms with Crippen molar-refractivity contribution < 1.29 is 24.5 Å². The third-order valence-corrected chi connectivity index (χ3v) is 15.6. The monoisotopic (exact) mass is 1020 g/mol. The zero-order chi connectivity index (χ0) is 52.2. The Kier molecular flexibility index (Phi) is 60.9. The molecule has 0 heterocycles. The lowest BCUT2D eigenvalue weighted by Crippen LogP contribution is -2.45. The fourth-order valence-electron chi connectivity index (χ4n) is 10.5. The van der Waals surface area contributed by atoms with Gasteiger partial charge in [-0.2, -0.15) is 0 Å². The Bertz CT molecular complexity index is 1080. The molecule has 6 nitrogen and oxygen atoms in total. The fourth-order valence-corrected chi connectivity index (χ4v) is 10.5. The van der Waals surface area contributed by atoms with Crippen LogP contribution in [0.15, 0.2) is 12.2 Å². The van der Waals surface area contributed by atoms with Gasteiger partial charge in [-0.15, -0.1) is 0 Å².